The molecule has 0 spiro atoms. The van der Waals surface area contributed by atoms with E-state index in [1.807, 2.05) is 25.6 Å². The molecule has 0 atom stereocenters. The molecule has 5 heteroatoms. The zero-order valence-electron chi connectivity index (χ0n) is 10.8. The van der Waals surface area contributed by atoms with E-state index in [-0.39, 0.29) is 5.56 Å². The van der Waals surface area contributed by atoms with Crippen molar-refractivity contribution in [3.05, 3.63) is 22.6 Å². The summed E-state index contributed by atoms with van der Waals surface area (Å²) in [5, 5.41) is 7.33. The molecule has 0 saturated carbocycles. The largest absolute Gasteiger partial charge is 0.381 e. The second kappa shape index (κ2) is 7.37. The highest BCUT2D eigenvalue weighted by Crippen LogP contribution is 2.04. The predicted molar refractivity (Wildman–Crippen MR) is 74.9 cm³/mol. The number of hydrogen-bond donors (Lipinski definition) is 1. The minimum Gasteiger partial charge on any atom is -0.381 e. The first-order valence-electron chi connectivity index (χ1n) is 6.05. The van der Waals surface area contributed by atoms with E-state index in [2.05, 4.69) is 17.3 Å². The van der Waals surface area contributed by atoms with Crippen molar-refractivity contribution in [3.63, 3.8) is 0 Å². The van der Waals surface area contributed by atoms with Gasteiger partial charge in [0.05, 0.1) is 11.9 Å². The smallest absolute Gasteiger partial charge is 0.268 e. The Kier molecular flexibility index (Phi) is 6.11. The van der Waals surface area contributed by atoms with Crippen LogP contribution in [0.2, 0.25) is 0 Å². The first-order chi connectivity index (χ1) is 8.13. The molecule has 0 aliphatic heterocycles. The van der Waals surface area contributed by atoms with E-state index < -0.39 is 0 Å². The van der Waals surface area contributed by atoms with Gasteiger partial charge in [-0.2, -0.15) is 16.9 Å². The highest BCUT2D eigenvalue weighted by Gasteiger charge is 2.01. The van der Waals surface area contributed by atoms with Crippen LogP contribution in [0.4, 0.5) is 5.69 Å². The van der Waals surface area contributed by atoms with E-state index in [4.69, 9.17) is 0 Å². The van der Waals surface area contributed by atoms with Crippen molar-refractivity contribution in [3.8, 4) is 0 Å². The summed E-state index contributed by atoms with van der Waals surface area (Å²) in [4.78, 5) is 11.7. The number of nitrogens with zero attached hydrogens (tertiary/aromatic N) is 2. The predicted octanol–water partition coefficient (Wildman–Crippen LogP) is 2.21. The van der Waals surface area contributed by atoms with Gasteiger partial charge >= 0.3 is 0 Å². The fourth-order valence-corrected chi connectivity index (χ4v) is 2.10. The number of nitrogens with one attached hydrogen (secondary N) is 1. The van der Waals surface area contributed by atoms with Crippen LogP contribution < -0.4 is 10.9 Å². The van der Waals surface area contributed by atoms with Gasteiger partial charge in [-0.15, -0.1) is 0 Å². The lowest BCUT2D eigenvalue weighted by Gasteiger charge is -2.10. The maximum absolute atomic E-state index is 11.7. The summed E-state index contributed by atoms with van der Waals surface area (Å²) in [5.74, 6) is 2.20. The topological polar surface area (TPSA) is 46.9 Å². The first-order valence-corrected chi connectivity index (χ1v) is 7.20. The summed E-state index contributed by atoms with van der Waals surface area (Å²) in [6.45, 7) is 6.91. The van der Waals surface area contributed by atoms with Gasteiger partial charge in [-0.1, -0.05) is 6.92 Å². The molecule has 0 amide bonds. The number of aryl methyl sites for hydroxylation is 1. The van der Waals surface area contributed by atoms with Crippen molar-refractivity contribution >= 4 is 17.4 Å². The molecule has 0 aromatic carbocycles. The average Bonchev–Trinajstić information content (AvgIpc) is 2.26. The first kappa shape index (κ1) is 14.1. The van der Waals surface area contributed by atoms with Gasteiger partial charge in [0, 0.05) is 18.7 Å². The molecule has 1 rings (SSSR count). The van der Waals surface area contributed by atoms with Crippen LogP contribution in [0.3, 0.4) is 0 Å². The van der Waals surface area contributed by atoms with Crippen molar-refractivity contribution in [2.75, 3.05) is 16.8 Å². The second-order valence-corrected chi connectivity index (χ2v) is 5.55. The fraction of sp³-hybridized carbons (Fsp3) is 0.667. The summed E-state index contributed by atoms with van der Waals surface area (Å²) in [5.41, 5.74) is 0.765. The molecule has 1 heterocycles. The third-order valence-corrected chi connectivity index (χ3v) is 3.17. The Morgan fingerprint density at radius 1 is 1.53 bits per heavy atom. The number of rotatable bonds is 7. The van der Waals surface area contributed by atoms with Crippen LogP contribution in [0.5, 0.6) is 0 Å². The maximum Gasteiger partial charge on any atom is 0.268 e. The molecule has 0 aliphatic carbocycles. The highest BCUT2D eigenvalue weighted by molar-refractivity contribution is 7.99. The molecule has 0 bridgehead atoms. The Morgan fingerprint density at radius 2 is 2.29 bits per heavy atom. The molecule has 0 saturated heterocycles. The lowest BCUT2D eigenvalue weighted by Crippen LogP contribution is -2.23. The molecule has 96 valence electrons. The number of thioether (sulfide) groups is 1. The number of aromatic nitrogens is 2. The third kappa shape index (κ3) is 5.26. The summed E-state index contributed by atoms with van der Waals surface area (Å²) < 4.78 is 1.53. The Bertz CT molecular complexity index is 390. The lowest BCUT2D eigenvalue weighted by molar-refractivity contribution is 0.571. The Labute approximate surface area is 107 Å². The van der Waals surface area contributed by atoms with Crippen LogP contribution in [0, 0.1) is 0 Å². The summed E-state index contributed by atoms with van der Waals surface area (Å²) >= 11 is 1.89. The molecule has 0 unspecified atom stereocenters. The average molecular weight is 255 g/mol. The van der Waals surface area contributed by atoms with E-state index in [0.717, 1.165) is 23.6 Å². The van der Waals surface area contributed by atoms with Crippen LogP contribution in [0.15, 0.2) is 17.1 Å². The molecule has 17 heavy (non-hydrogen) atoms. The quantitative estimate of drug-likeness (QED) is 0.759. The second-order valence-electron chi connectivity index (χ2n) is 4.16. The normalized spacial score (nSPS) is 10.8. The van der Waals surface area contributed by atoms with Crippen molar-refractivity contribution in [2.45, 2.75) is 39.8 Å². The van der Waals surface area contributed by atoms with E-state index in [9.17, 15) is 4.79 Å². The van der Waals surface area contributed by atoms with Crippen molar-refractivity contribution in [1.82, 2.24) is 9.78 Å². The minimum absolute atomic E-state index is 0.0304. The molecule has 0 radical (unpaired) electrons. The van der Waals surface area contributed by atoms with E-state index in [0.29, 0.717) is 12.6 Å². The molecule has 1 aromatic rings. The zero-order chi connectivity index (χ0) is 12.7. The number of hydrogen-bond acceptors (Lipinski definition) is 4. The molecular weight excluding hydrogens is 234 g/mol. The molecular formula is C12H21N3OS. The Hall–Kier alpha value is -0.970. The Balaban J connectivity index is 2.54. The van der Waals surface area contributed by atoms with Gasteiger partial charge in [-0.3, -0.25) is 4.79 Å². The SMILES string of the molecule is CCSCCCn1ncc(NC(C)C)cc1=O. The molecule has 1 N–H and O–H groups in total. The number of anilines is 1. The lowest BCUT2D eigenvalue weighted by atomic mass is 10.3. The van der Waals surface area contributed by atoms with Crippen LogP contribution in [-0.4, -0.2) is 27.3 Å². The van der Waals surface area contributed by atoms with Gasteiger partial charge in [0.1, 0.15) is 0 Å². The maximum atomic E-state index is 11.7. The standard InChI is InChI=1S/C12H21N3OS/c1-4-17-7-5-6-15-12(16)8-11(9-13-15)14-10(2)3/h8-10,14H,4-7H2,1-3H3. The Morgan fingerprint density at radius 3 is 2.88 bits per heavy atom. The van der Waals surface area contributed by atoms with Crippen molar-refractivity contribution in [1.29, 1.82) is 0 Å². The minimum atomic E-state index is -0.0304. The van der Waals surface area contributed by atoms with Gasteiger partial charge < -0.3 is 5.32 Å². The molecule has 0 aliphatic rings. The van der Waals surface area contributed by atoms with Crippen LogP contribution in [0.1, 0.15) is 27.2 Å². The molecule has 4 nitrogen and oxygen atoms in total. The summed E-state index contributed by atoms with van der Waals surface area (Å²) in [6, 6.07) is 1.92. The van der Waals surface area contributed by atoms with E-state index in [1.54, 1.807) is 12.3 Å². The fourth-order valence-electron chi connectivity index (χ4n) is 1.47. The van der Waals surface area contributed by atoms with Crippen molar-refractivity contribution < 1.29 is 0 Å². The molecule has 0 fully saturated rings. The van der Waals surface area contributed by atoms with E-state index in [1.165, 1.54) is 4.68 Å². The van der Waals surface area contributed by atoms with Crippen LogP contribution in [-0.2, 0) is 6.54 Å². The van der Waals surface area contributed by atoms with Gasteiger partial charge in [0.2, 0.25) is 0 Å². The third-order valence-electron chi connectivity index (χ3n) is 2.19. The highest BCUT2D eigenvalue weighted by atomic mass is 32.2. The molecule has 1 aromatic heterocycles. The zero-order valence-corrected chi connectivity index (χ0v) is 11.6. The monoisotopic (exact) mass is 255 g/mol. The van der Waals surface area contributed by atoms with Gasteiger partial charge in [0.15, 0.2) is 0 Å². The van der Waals surface area contributed by atoms with Crippen LogP contribution >= 0.6 is 11.8 Å². The van der Waals surface area contributed by atoms with Crippen molar-refractivity contribution in [2.24, 2.45) is 0 Å². The van der Waals surface area contributed by atoms with E-state index >= 15 is 0 Å². The summed E-state index contributed by atoms with van der Waals surface area (Å²) in [6.07, 6.45) is 2.71. The van der Waals surface area contributed by atoms with Gasteiger partial charge in [-0.05, 0) is 31.8 Å². The van der Waals surface area contributed by atoms with Crippen LogP contribution in [0.25, 0.3) is 0 Å². The van der Waals surface area contributed by atoms with Gasteiger partial charge in [-0.25, -0.2) is 4.68 Å². The summed E-state index contributed by atoms with van der Waals surface area (Å²) in [7, 11) is 0. The van der Waals surface area contributed by atoms with Gasteiger partial charge in [0.25, 0.3) is 5.56 Å².